The Bertz CT molecular complexity index is 1130. The summed E-state index contributed by atoms with van der Waals surface area (Å²) in [6.07, 6.45) is 14.7. The smallest absolute Gasteiger partial charge is 0.220 e. The third-order valence-electron chi connectivity index (χ3n) is 9.98. The number of amides is 1. The van der Waals surface area contributed by atoms with E-state index in [4.69, 9.17) is 18.9 Å². The number of hydrogen-bond acceptors (Lipinski definition) is 13. The van der Waals surface area contributed by atoms with E-state index in [0.717, 1.165) is 64.2 Å². The van der Waals surface area contributed by atoms with Crippen molar-refractivity contribution in [1.82, 2.24) is 5.32 Å². The van der Waals surface area contributed by atoms with Gasteiger partial charge < -0.3 is 65.1 Å². The molecule has 0 spiro atoms. The SMILES string of the molecule is CC/C=C/CC/C=C/CC/C=C/C(O)C(COC1OC(CO)C(OC2OC(CO)C(O)C(O)C2O)C(O)C1O)NC(=O)CCCCCCC/C=C\CCCCC. The highest BCUT2D eigenvalue weighted by atomic mass is 16.7. The van der Waals surface area contributed by atoms with E-state index in [0.29, 0.717) is 12.8 Å². The molecule has 0 saturated carbocycles. The molecule has 0 radical (unpaired) electrons. The second-order valence-electron chi connectivity index (χ2n) is 14.7. The van der Waals surface area contributed by atoms with E-state index in [1.54, 1.807) is 6.08 Å². The zero-order chi connectivity index (χ0) is 41.1. The number of aliphatic hydroxyl groups is 8. The topological polar surface area (TPSA) is 228 Å². The Kier molecular flexibility index (Phi) is 26.9. The van der Waals surface area contributed by atoms with Gasteiger partial charge in [0.2, 0.25) is 5.91 Å². The monoisotopic (exact) mass is 800 g/mol. The molecule has 1 amide bonds. The van der Waals surface area contributed by atoms with E-state index >= 15 is 0 Å². The lowest BCUT2D eigenvalue weighted by Crippen LogP contribution is -2.65. The van der Waals surface area contributed by atoms with Gasteiger partial charge in [-0.15, -0.1) is 0 Å². The molecule has 12 unspecified atom stereocenters. The van der Waals surface area contributed by atoms with Crippen molar-refractivity contribution in [1.29, 1.82) is 0 Å². The van der Waals surface area contributed by atoms with Crippen molar-refractivity contribution in [2.45, 2.75) is 190 Å². The van der Waals surface area contributed by atoms with Crippen LogP contribution in [0.15, 0.2) is 48.6 Å². The van der Waals surface area contributed by atoms with Crippen LogP contribution in [0.2, 0.25) is 0 Å². The predicted molar refractivity (Wildman–Crippen MR) is 212 cm³/mol. The summed E-state index contributed by atoms with van der Waals surface area (Å²) in [5.41, 5.74) is 0. The molecule has 2 fully saturated rings. The summed E-state index contributed by atoms with van der Waals surface area (Å²) in [5.74, 6) is -0.271. The van der Waals surface area contributed by atoms with Gasteiger partial charge in [-0.05, 0) is 64.2 Å². The number of ether oxygens (including phenoxy) is 4. The van der Waals surface area contributed by atoms with Crippen molar-refractivity contribution in [3.05, 3.63) is 48.6 Å². The van der Waals surface area contributed by atoms with Gasteiger partial charge in [0, 0.05) is 6.42 Å². The second-order valence-corrected chi connectivity index (χ2v) is 14.7. The van der Waals surface area contributed by atoms with Gasteiger partial charge in [-0.25, -0.2) is 0 Å². The number of carbonyl (C=O) groups excluding carboxylic acids is 1. The first-order chi connectivity index (χ1) is 27.1. The Morgan fingerprint density at radius 2 is 1.20 bits per heavy atom. The molecule has 2 aliphatic heterocycles. The largest absolute Gasteiger partial charge is 0.394 e. The van der Waals surface area contributed by atoms with Crippen molar-refractivity contribution in [3.8, 4) is 0 Å². The molecule has 0 aromatic heterocycles. The highest BCUT2D eigenvalue weighted by Gasteiger charge is 2.50. The van der Waals surface area contributed by atoms with Crippen LogP contribution in [-0.4, -0.2) is 140 Å². The first kappa shape index (κ1) is 50.1. The van der Waals surface area contributed by atoms with Crippen LogP contribution >= 0.6 is 0 Å². The molecule has 2 aliphatic rings. The Morgan fingerprint density at radius 3 is 1.84 bits per heavy atom. The minimum absolute atomic E-state index is 0.257. The zero-order valence-electron chi connectivity index (χ0n) is 33.6. The fourth-order valence-corrected chi connectivity index (χ4v) is 6.50. The number of carbonyl (C=O) groups is 1. The molecule has 0 aromatic carbocycles. The molecule has 0 aliphatic carbocycles. The van der Waals surface area contributed by atoms with E-state index in [2.05, 4.69) is 55.6 Å². The highest BCUT2D eigenvalue weighted by molar-refractivity contribution is 5.76. The van der Waals surface area contributed by atoms with Gasteiger partial charge in [0.25, 0.3) is 0 Å². The predicted octanol–water partition coefficient (Wildman–Crippen LogP) is 2.98. The summed E-state index contributed by atoms with van der Waals surface area (Å²) in [4.78, 5) is 13.0. The maximum Gasteiger partial charge on any atom is 0.220 e. The number of nitrogens with one attached hydrogen (secondary N) is 1. The normalized spacial score (nSPS) is 29.9. The van der Waals surface area contributed by atoms with Gasteiger partial charge in [0.05, 0.1) is 32.0 Å². The van der Waals surface area contributed by atoms with E-state index in [-0.39, 0.29) is 18.9 Å². The van der Waals surface area contributed by atoms with Crippen LogP contribution in [0.1, 0.15) is 117 Å². The van der Waals surface area contributed by atoms with Crippen LogP contribution in [-0.2, 0) is 23.7 Å². The lowest BCUT2D eigenvalue weighted by atomic mass is 9.97. The first-order valence-electron chi connectivity index (χ1n) is 20.9. The Hall–Kier alpha value is -2.05. The molecule has 12 atom stereocenters. The molecule has 14 heteroatoms. The third kappa shape index (κ3) is 18.7. The van der Waals surface area contributed by atoms with E-state index in [9.17, 15) is 45.6 Å². The first-order valence-corrected chi connectivity index (χ1v) is 20.9. The van der Waals surface area contributed by atoms with Crippen LogP contribution < -0.4 is 5.32 Å². The summed E-state index contributed by atoms with van der Waals surface area (Å²) in [6.45, 7) is 2.55. The van der Waals surface area contributed by atoms with E-state index in [1.807, 2.05) is 6.08 Å². The molecule has 0 aromatic rings. The second kappa shape index (κ2) is 30.1. The van der Waals surface area contributed by atoms with Gasteiger partial charge in [-0.1, -0.05) is 94.6 Å². The zero-order valence-corrected chi connectivity index (χ0v) is 33.6. The number of allylic oxidation sites excluding steroid dienone is 7. The molecule has 2 rings (SSSR count). The molecule has 56 heavy (non-hydrogen) atoms. The Labute approximate surface area is 333 Å². The molecule has 0 bridgehead atoms. The summed E-state index contributed by atoms with van der Waals surface area (Å²) in [6, 6.07) is -0.938. The summed E-state index contributed by atoms with van der Waals surface area (Å²) < 4.78 is 22.5. The molecule has 324 valence electrons. The van der Waals surface area contributed by atoms with Gasteiger partial charge in [-0.3, -0.25) is 4.79 Å². The van der Waals surface area contributed by atoms with Crippen molar-refractivity contribution in [2.24, 2.45) is 0 Å². The lowest BCUT2D eigenvalue weighted by Gasteiger charge is -2.46. The van der Waals surface area contributed by atoms with Crippen LogP contribution in [0, 0.1) is 0 Å². The quantitative estimate of drug-likeness (QED) is 0.0392. The van der Waals surface area contributed by atoms with Crippen molar-refractivity contribution in [2.75, 3.05) is 19.8 Å². The number of unbranched alkanes of at least 4 members (excludes halogenated alkanes) is 10. The molecule has 14 nitrogen and oxygen atoms in total. The van der Waals surface area contributed by atoms with Crippen molar-refractivity contribution < 1.29 is 64.6 Å². The fraction of sp³-hybridized carbons (Fsp3) is 0.786. The van der Waals surface area contributed by atoms with Crippen molar-refractivity contribution >= 4 is 5.91 Å². The van der Waals surface area contributed by atoms with Gasteiger partial charge in [-0.2, -0.15) is 0 Å². The van der Waals surface area contributed by atoms with Crippen LogP contribution in [0.4, 0.5) is 0 Å². The minimum atomic E-state index is -1.79. The molecule has 2 saturated heterocycles. The highest BCUT2D eigenvalue weighted by Crippen LogP contribution is 2.29. The number of rotatable bonds is 29. The number of hydrogen-bond donors (Lipinski definition) is 9. The summed E-state index contributed by atoms with van der Waals surface area (Å²) in [5, 5.41) is 86.1. The fourth-order valence-electron chi connectivity index (χ4n) is 6.50. The van der Waals surface area contributed by atoms with Gasteiger partial charge >= 0.3 is 0 Å². The molecular weight excluding hydrogens is 726 g/mol. The van der Waals surface area contributed by atoms with Crippen LogP contribution in [0.25, 0.3) is 0 Å². The lowest BCUT2D eigenvalue weighted by molar-refractivity contribution is -0.359. The summed E-state index contributed by atoms with van der Waals surface area (Å²) in [7, 11) is 0. The molecule has 9 N–H and O–H groups in total. The van der Waals surface area contributed by atoms with Crippen LogP contribution in [0.5, 0.6) is 0 Å². The summed E-state index contributed by atoms with van der Waals surface area (Å²) >= 11 is 0. The van der Waals surface area contributed by atoms with E-state index in [1.165, 1.54) is 19.3 Å². The van der Waals surface area contributed by atoms with Gasteiger partial charge in [0.15, 0.2) is 12.6 Å². The maximum atomic E-state index is 13.0. The molecule has 2 heterocycles. The average Bonchev–Trinajstić information content (AvgIpc) is 3.19. The van der Waals surface area contributed by atoms with Crippen molar-refractivity contribution in [3.63, 3.8) is 0 Å². The maximum absolute atomic E-state index is 13.0. The van der Waals surface area contributed by atoms with Gasteiger partial charge in [0.1, 0.15) is 48.8 Å². The van der Waals surface area contributed by atoms with Crippen LogP contribution in [0.3, 0.4) is 0 Å². The Balaban J connectivity index is 1.96. The Morgan fingerprint density at radius 1 is 0.643 bits per heavy atom. The van der Waals surface area contributed by atoms with E-state index < -0.39 is 86.8 Å². The standard InChI is InChI=1S/C42H73NO13/c1-3-5-7-9-11-13-15-16-18-20-22-24-26-34(47)43-30(31(46)25-23-21-19-17-14-12-10-8-6-4-2)29-53-41-39(52)37(50)40(33(28-45)55-41)56-42-38(51)36(49)35(48)32(27-44)54-42/h6,8,11,13-14,17,23,25,30-33,35-42,44-46,48-52H,3-5,7,9-10,12,15-16,18-22,24,26-29H2,1-2H3,(H,43,47)/b8-6+,13-11-,17-14+,25-23+. The average molecular weight is 800 g/mol. The molecular formula is C42H73NO13. The number of aliphatic hydroxyl groups excluding tert-OH is 8. The third-order valence-corrected chi connectivity index (χ3v) is 9.98. The minimum Gasteiger partial charge on any atom is -0.394 e.